The summed E-state index contributed by atoms with van der Waals surface area (Å²) in [4.78, 5) is 28.1. The van der Waals surface area contributed by atoms with Crippen LogP contribution in [-0.2, 0) is 9.59 Å². The molecule has 4 atom stereocenters. The third-order valence-electron chi connectivity index (χ3n) is 6.49. The zero-order chi connectivity index (χ0) is 25.8. The molecule has 36 heavy (non-hydrogen) atoms. The lowest BCUT2D eigenvalue weighted by atomic mass is 9.92. The first-order chi connectivity index (χ1) is 17.3. The van der Waals surface area contributed by atoms with Gasteiger partial charge in [-0.1, -0.05) is 65.8 Å². The van der Waals surface area contributed by atoms with Crippen molar-refractivity contribution in [3.05, 3.63) is 95.9 Å². The fourth-order valence-electron chi connectivity index (χ4n) is 4.68. The van der Waals surface area contributed by atoms with Gasteiger partial charge < -0.3 is 10.5 Å². The molecule has 188 valence electrons. The third-order valence-corrected chi connectivity index (χ3v) is 6.49. The van der Waals surface area contributed by atoms with E-state index in [0.717, 1.165) is 18.4 Å². The summed E-state index contributed by atoms with van der Waals surface area (Å²) in [5, 5.41) is 12.7. The quantitative estimate of drug-likeness (QED) is 0.403. The minimum absolute atomic E-state index is 0.159. The Kier molecular flexibility index (Phi) is 7.82. The molecule has 0 saturated carbocycles. The number of benzene rings is 2. The molecule has 2 N–H and O–H groups in total. The van der Waals surface area contributed by atoms with E-state index in [-0.39, 0.29) is 11.6 Å². The molecule has 0 bridgehead atoms. The SMILES string of the molecule is CC(C)=CCCC(C)=CC(O)C1C=CC2C(=O)N(c3ccccc3)C(=O)C2N1Nc1ccccc1F. The van der Waals surface area contributed by atoms with Crippen LogP contribution in [0.5, 0.6) is 0 Å². The van der Waals surface area contributed by atoms with Crippen molar-refractivity contribution in [3.8, 4) is 0 Å². The number of halogens is 1. The second-order valence-corrected chi connectivity index (χ2v) is 9.52. The highest BCUT2D eigenvalue weighted by Gasteiger charge is 2.54. The number of anilines is 2. The van der Waals surface area contributed by atoms with Crippen molar-refractivity contribution >= 4 is 23.2 Å². The fraction of sp³-hybridized carbons (Fsp3) is 0.310. The topological polar surface area (TPSA) is 72.9 Å². The summed E-state index contributed by atoms with van der Waals surface area (Å²) in [7, 11) is 0. The summed E-state index contributed by atoms with van der Waals surface area (Å²) in [5.41, 5.74) is 5.89. The molecule has 0 spiro atoms. The van der Waals surface area contributed by atoms with E-state index in [1.165, 1.54) is 21.5 Å². The zero-order valence-electron chi connectivity index (χ0n) is 20.8. The molecule has 4 rings (SSSR count). The van der Waals surface area contributed by atoms with Crippen LogP contribution in [0, 0.1) is 11.7 Å². The summed E-state index contributed by atoms with van der Waals surface area (Å²) in [6.07, 6.45) is 7.97. The maximum absolute atomic E-state index is 14.6. The van der Waals surface area contributed by atoms with Crippen molar-refractivity contribution in [3.63, 3.8) is 0 Å². The number of carbonyl (C=O) groups excluding carboxylic acids is 2. The third kappa shape index (κ3) is 5.32. The van der Waals surface area contributed by atoms with Crippen LogP contribution < -0.4 is 10.3 Å². The van der Waals surface area contributed by atoms with Crippen LogP contribution in [0.15, 0.2) is 90.0 Å². The molecule has 2 aromatic rings. The smallest absolute Gasteiger partial charge is 0.254 e. The normalized spacial score (nSPS) is 23.0. The van der Waals surface area contributed by atoms with Crippen molar-refractivity contribution < 1.29 is 19.1 Å². The first kappa shape index (κ1) is 25.5. The molecule has 0 aliphatic carbocycles. The van der Waals surface area contributed by atoms with Crippen LogP contribution in [-0.4, -0.2) is 40.1 Å². The Labute approximate surface area is 211 Å². The van der Waals surface area contributed by atoms with Crippen LogP contribution in [0.1, 0.15) is 33.6 Å². The zero-order valence-corrected chi connectivity index (χ0v) is 20.8. The number of hydrazine groups is 1. The van der Waals surface area contributed by atoms with Gasteiger partial charge in [0.25, 0.3) is 5.91 Å². The lowest BCUT2D eigenvalue weighted by molar-refractivity contribution is -0.123. The van der Waals surface area contributed by atoms with E-state index in [4.69, 9.17) is 0 Å². The minimum atomic E-state index is -0.984. The van der Waals surface area contributed by atoms with Crippen LogP contribution in [0.25, 0.3) is 0 Å². The number of fused-ring (bicyclic) bond motifs is 1. The van der Waals surface area contributed by atoms with Crippen LogP contribution >= 0.6 is 0 Å². The fourth-order valence-corrected chi connectivity index (χ4v) is 4.68. The number of rotatable bonds is 8. The number of aliphatic hydroxyl groups is 1. The summed E-state index contributed by atoms with van der Waals surface area (Å²) in [6.45, 7) is 6.04. The van der Waals surface area contributed by atoms with E-state index in [1.54, 1.807) is 60.7 Å². The van der Waals surface area contributed by atoms with Crippen molar-refractivity contribution in [2.45, 2.75) is 51.8 Å². The molecule has 7 heteroatoms. The Morgan fingerprint density at radius 2 is 1.72 bits per heavy atom. The molecule has 2 aromatic carbocycles. The first-order valence-corrected chi connectivity index (χ1v) is 12.2. The highest BCUT2D eigenvalue weighted by molar-refractivity contribution is 6.24. The maximum atomic E-state index is 14.6. The van der Waals surface area contributed by atoms with E-state index >= 15 is 0 Å². The molecule has 6 nitrogen and oxygen atoms in total. The largest absolute Gasteiger partial charge is 0.387 e. The monoisotopic (exact) mass is 489 g/mol. The Bertz CT molecular complexity index is 1200. The number of imide groups is 1. The number of para-hydroxylation sites is 2. The lowest BCUT2D eigenvalue weighted by Gasteiger charge is -2.40. The summed E-state index contributed by atoms with van der Waals surface area (Å²) in [6, 6.07) is 13.2. The van der Waals surface area contributed by atoms with Crippen LogP contribution in [0.2, 0.25) is 0 Å². The van der Waals surface area contributed by atoms with E-state index in [1.807, 2.05) is 26.8 Å². The predicted molar refractivity (Wildman–Crippen MR) is 139 cm³/mol. The van der Waals surface area contributed by atoms with Crippen molar-refractivity contribution in [1.29, 1.82) is 0 Å². The standard InChI is InChI=1S/C29H32FN3O3/c1-19(2)10-9-11-20(3)18-26(34)25-17-16-22-27(33(25)31-24-15-8-7-14-23(24)30)29(36)32(28(22)35)21-12-5-4-6-13-21/h4-8,10,12-18,22,25-27,31,34H,9,11H2,1-3H3. The van der Waals surface area contributed by atoms with Gasteiger partial charge >= 0.3 is 0 Å². The van der Waals surface area contributed by atoms with Crippen molar-refractivity contribution in [2.75, 3.05) is 10.3 Å². The number of nitrogens with one attached hydrogen (secondary N) is 1. The molecular formula is C29H32FN3O3. The lowest BCUT2D eigenvalue weighted by Crippen LogP contribution is -2.57. The second-order valence-electron chi connectivity index (χ2n) is 9.52. The predicted octanol–water partition coefficient (Wildman–Crippen LogP) is 5.00. The van der Waals surface area contributed by atoms with Gasteiger partial charge in [0.1, 0.15) is 11.9 Å². The average molecular weight is 490 g/mol. The van der Waals surface area contributed by atoms with Crippen LogP contribution in [0.3, 0.4) is 0 Å². The maximum Gasteiger partial charge on any atom is 0.254 e. The summed E-state index contributed by atoms with van der Waals surface area (Å²) < 4.78 is 14.6. The number of nitrogens with zero attached hydrogens (tertiary/aromatic N) is 2. The highest BCUT2D eigenvalue weighted by atomic mass is 19.1. The Hall–Kier alpha value is -3.55. The molecule has 1 fully saturated rings. The second kappa shape index (κ2) is 11.0. The Morgan fingerprint density at radius 1 is 1.03 bits per heavy atom. The van der Waals surface area contributed by atoms with Gasteiger partial charge in [0, 0.05) is 0 Å². The van der Waals surface area contributed by atoms with E-state index < -0.39 is 35.8 Å². The Balaban J connectivity index is 1.67. The summed E-state index contributed by atoms with van der Waals surface area (Å²) in [5.74, 6) is -2.04. The van der Waals surface area contributed by atoms with Gasteiger partial charge in [0.05, 0.1) is 29.4 Å². The molecule has 2 heterocycles. The highest BCUT2D eigenvalue weighted by Crippen LogP contribution is 2.36. The number of allylic oxidation sites excluding steroid dienone is 3. The number of amides is 2. The van der Waals surface area contributed by atoms with Gasteiger partial charge in [0.15, 0.2) is 0 Å². The molecule has 1 saturated heterocycles. The van der Waals surface area contributed by atoms with Gasteiger partial charge in [0.2, 0.25) is 5.91 Å². The average Bonchev–Trinajstić information content (AvgIpc) is 3.10. The van der Waals surface area contributed by atoms with Gasteiger partial charge in [-0.2, -0.15) is 0 Å². The van der Waals surface area contributed by atoms with Gasteiger partial charge in [-0.3, -0.25) is 9.59 Å². The van der Waals surface area contributed by atoms with Gasteiger partial charge in [-0.05, 0) is 57.9 Å². The number of aliphatic hydroxyl groups excluding tert-OH is 1. The van der Waals surface area contributed by atoms with Crippen LogP contribution in [0.4, 0.5) is 15.8 Å². The molecule has 0 radical (unpaired) electrons. The molecular weight excluding hydrogens is 457 g/mol. The number of hydrogen-bond acceptors (Lipinski definition) is 5. The molecule has 4 unspecified atom stereocenters. The molecule has 2 aliphatic rings. The van der Waals surface area contributed by atoms with Gasteiger partial charge in [-0.25, -0.2) is 14.3 Å². The van der Waals surface area contributed by atoms with E-state index in [9.17, 15) is 19.1 Å². The number of hydrogen-bond donors (Lipinski definition) is 2. The van der Waals surface area contributed by atoms with Crippen molar-refractivity contribution in [2.24, 2.45) is 5.92 Å². The van der Waals surface area contributed by atoms with E-state index in [2.05, 4.69) is 11.5 Å². The van der Waals surface area contributed by atoms with Crippen molar-refractivity contribution in [1.82, 2.24) is 5.01 Å². The first-order valence-electron chi connectivity index (χ1n) is 12.2. The molecule has 0 aromatic heterocycles. The van der Waals surface area contributed by atoms with E-state index in [0.29, 0.717) is 5.69 Å². The molecule has 2 amide bonds. The summed E-state index contributed by atoms with van der Waals surface area (Å²) >= 11 is 0. The minimum Gasteiger partial charge on any atom is -0.387 e. The Morgan fingerprint density at radius 3 is 2.42 bits per heavy atom. The van der Waals surface area contributed by atoms with Gasteiger partial charge in [-0.15, -0.1) is 0 Å². The molecule has 2 aliphatic heterocycles. The number of carbonyl (C=O) groups is 2.